The summed E-state index contributed by atoms with van der Waals surface area (Å²) in [6.45, 7) is 0.570. The van der Waals surface area contributed by atoms with Crippen LogP contribution in [0.2, 0.25) is 0 Å². The average Bonchev–Trinajstić information content (AvgIpc) is 2.50. The first kappa shape index (κ1) is 8.01. The van der Waals surface area contributed by atoms with Gasteiger partial charge in [-0.1, -0.05) is 0 Å². The molecule has 2 aliphatic heterocycles. The molecule has 2 saturated heterocycles. The fourth-order valence-corrected chi connectivity index (χ4v) is 2.27. The molecule has 4 nitrogen and oxygen atoms in total. The Morgan fingerprint density at radius 3 is 3.08 bits per heavy atom. The highest BCUT2D eigenvalue weighted by Crippen LogP contribution is 2.41. The lowest BCUT2D eigenvalue weighted by molar-refractivity contribution is -0.145. The second-order valence-corrected chi connectivity index (χ2v) is 3.59. The first-order chi connectivity index (χ1) is 5.68. The monoisotopic (exact) mass is 171 g/mol. The molecule has 0 radical (unpaired) electrons. The maximum absolute atomic E-state index is 11.2. The third kappa shape index (κ3) is 0.820. The van der Waals surface area contributed by atoms with Gasteiger partial charge in [-0.15, -0.1) is 0 Å². The molecular weight excluding hydrogens is 158 g/mol. The molecule has 68 valence electrons. The summed E-state index contributed by atoms with van der Waals surface area (Å²) in [6.07, 6.45) is 1.63. The molecule has 2 atom stereocenters. The molecular formula is C8H13NO3. The average molecular weight is 171 g/mol. The van der Waals surface area contributed by atoms with E-state index >= 15 is 0 Å². The van der Waals surface area contributed by atoms with Gasteiger partial charge in [-0.05, 0) is 6.42 Å². The lowest BCUT2D eigenvalue weighted by Crippen LogP contribution is -2.45. The van der Waals surface area contributed by atoms with E-state index in [4.69, 9.17) is 5.11 Å². The summed E-state index contributed by atoms with van der Waals surface area (Å²) in [5, 5.41) is 19.0. The first-order valence-electron chi connectivity index (χ1n) is 4.32. The number of amides is 1. The van der Waals surface area contributed by atoms with Gasteiger partial charge in [0.1, 0.15) is 5.72 Å². The Labute approximate surface area is 70.8 Å². The maximum atomic E-state index is 11.2. The fourth-order valence-electron chi connectivity index (χ4n) is 2.27. The van der Waals surface area contributed by atoms with Crippen molar-refractivity contribution in [2.75, 3.05) is 13.2 Å². The third-order valence-corrected chi connectivity index (χ3v) is 3.05. The van der Waals surface area contributed by atoms with Crippen molar-refractivity contribution in [3.8, 4) is 0 Å². The van der Waals surface area contributed by atoms with Crippen LogP contribution in [0.5, 0.6) is 0 Å². The molecule has 2 rings (SSSR count). The Balaban J connectivity index is 2.24. The van der Waals surface area contributed by atoms with Gasteiger partial charge in [-0.2, -0.15) is 0 Å². The Hall–Kier alpha value is -0.610. The number of rotatable bonds is 1. The minimum Gasteiger partial charge on any atom is -0.396 e. The van der Waals surface area contributed by atoms with Crippen LogP contribution >= 0.6 is 0 Å². The molecule has 0 aromatic carbocycles. The van der Waals surface area contributed by atoms with Gasteiger partial charge < -0.3 is 15.1 Å². The number of fused-ring (bicyclic) bond motifs is 1. The van der Waals surface area contributed by atoms with E-state index in [0.29, 0.717) is 19.4 Å². The Kier molecular flexibility index (Phi) is 1.63. The molecule has 2 heterocycles. The number of carbonyl (C=O) groups excluding carboxylic acids is 1. The van der Waals surface area contributed by atoms with Crippen molar-refractivity contribution in [2.24, 2.45) is 5.92 Å². The van der Waals surface area contributed by atoms with E-state index in [0.717, 1.165) is 6.42 Å². The SMILES string of the molecule is O=C1CC[C@@]2(O)[C@@H](CO)CCN12. The molecule has 4 heteroatoms. The molecule has 0 spiro atoms. The standard InChI is InChI=1S/C8H13NO3/c10-5-6-2-4-9-7(11)1-3-8(6,9)12/h6,10,12H,1-5H2/t6-,8-/m1/s1. The van der Waals surface area contributed by atoms with Crippen LogP contribution in [0.3, 0.4) is 0 Å². The number of carbonyl (C=O) groups is 1. The molecule has 0 aromatic rings. The smallest absolute Gasteiger partial charge is 0.225 e. The molecule has 0 bridgehead atoms. The van der Waals surface area contributed by atoms with Crippen LogP contribution in [0.15, 0.2) is 0 Å². The molecule has 0 aliphatic carbocycles. The summed E-state index contributed by atoms with van der Waals surface area (Å²) >= 11 is 0. The number of aliphatic hydroxyl groups is 2. The van der Waals surface area contributed by atoms with Crippen LogP contribution in [0.1, 0.15) is 19.3 Å². The van der Waals surface area contributed by atoms with Gasteiger partial charge in [0.05, 0.1) is 6.61 Å². The molecule has 0 saturated carbocycles. The van der Waals surface area contributed by atoms with Crippen LogP contribution < -0.4 is 0 Å². The molecule has 0 aromatic heterocycles. The van der Waals surface area contributed by atoms with Crippen molar-refractivity contribution in [1.29, 1.82) is 0 Å². The highest BCUT2D eigenvalue weighted by atomic mass is 16.3. The van der Waals surface area contributed by atoms with Crippen molar-refractivity contribution in [3.63, 3.8) is 0 Å². The largest absolute Gasteiger partial charge is 0.396 e. The number of aliphatic hydroxyl groups excluding tert-OH is 1. The zero-order chi connectivity index (χ0) is 8.77. The highest BCUT2D eigenvalue weighted by molar-refractivity contribution is 5.79. The molecule has 2 fully saturated rings. The zero-order valence-electron chi connectivity index (χ0n) is 6.86. The van der Waals surface area contributed by atoms with Gasteiger partial charge in [-0.25, -0.2) is 0 Å². The Morgan fingerprint density at radius 1 is 1.67 bits per heavy atom. The van der Waals surface area contributed by atoms with Crippen LogP contribution in [-0.2, 0) is 4.79 Å². The summed E-state index contributed by atoms with van der Waals surface area (Å²) in [4.78, 5) is 12.7. The highest BCUT2D eigenvalue weighted by Gasteiger charge is 2.53. The van der Waals surface area contributed by atoms with Gasteiger partial charge in [-0.3, -0.25) is 4.79 Å². The summed E-state index contributed by atoms with van der Waals surface area (Å²) in [6, 6.07) is 0. The van der Waals surface area contributed by atoms with Crippen molar-refractivity contribution in [1.82, 2.24) is 4.90 Å². The van der Waals surface area contributed by atoms with Crippen molar-refractivity contribution < 1.29 is 15.0 Å². The van der Waals surface area contributed by atoms with E-state index in [1.807, 2.05) is 0 Å². The minimum atomic E-state index is -1.02. The van der Waals surface area contributed by atoms with E-state index in [-0.39, 0.29) is 18.4 Å². The number of hydrogen-bond acceptors (Lipinski definition) is 3. The molecule has 2 aliphatic rings. The fraction of sp³-hybridized carbons (Fsp3) is 0.875. The first-order valence-corrected chi connectivity index (χ1v) is 4.32. The number of hydrogen-bond donors (Lipinski definition) is 2. The van der Waals surface area contributed by atoms with Gasteiger partial charge in [0.15, 0.2) is 0 Å². The second kappa shape index (κ2) is 2.44. The summed E-state index contributed by atoms with van der Waals surface area (Å²) in [5.74, 6) is -0.114. The molecule has 1 amide bonds. The summed E-state index contributed by atoms with van der Waals surface area (Å²) in [7, 11) is 0. The molecule has 12 heavy (non-hydrogen) atoms. The van der Waals surface area contributed by atoms with Crippen LogP contribution in [0.4, 0.5) is 0 Å². The Morgan fingerprint density at radius 2 is 2.42 bits per heavy atom. The lowest BCUT2D eigenvalue weighted by Gasteiger charge is -2.30. The van der Waals surface area contributed by atoms with Crippen LogP contribution in [-0.4, -0.2) is 39.9 Å². The van der Waals surface area contributed by atoms with Crippen LogP contribution in [0, 0.1) is 5.92 Å². The van der Waals surface area contributed by atoms with E-state index in [9.17, 15) is 9.90 Å². The van der Waals surface area contributed by atoms with Gasteiger partial charge >= 0.3 is 0 Å². The van der Waals surface area contributed by atoms with Crippen molar-refractivity contribution >= 4 is 5.91 Å². The normalized spacial score (nSPS) is 40.7. The summed E-state index contributed by atoms with van der Waals surface area (Å²) < 4.78 is 0. The molecule has 2 N–H and O–H groups in total. The van der Waals surface area contributed by atoms with Crippen LogP contribution in [0.25, 0.3) is 0 Å². The van der Waals surface area contributed by atoms with Gasteiger partial charge in [0, 0.05) is 25.3 Å². The van der Waals surface area contributed by atoms with Crippen molar-refractivity contribution in [3.05, 3.63) is 0 Å². The topological polar surface area (TPSA) is 60.8 Å². The van der Waals surface area contributed by atoms with Gasteiger partial charge in [0.2, 0.25) is 5.91 Å². The van der Waals surface area contributed by atoms with E-state index in [1.165, 1.54) is 4.90 Å². The van der Waals surface area contributed by atoms with Crippen molar-refractivity contribution in [2.45, 2.75) is 25.0 Å². The summed E-state index contributed by atoms with van der Waals surface area (Å²) in [5.41, 5.74) is -1.02. The van der Waals surface area contributed by atoms with E-state index < -0.39 is 5.72 Å². The lowest BCUT2D eigenvalue weighted by atomic mass is 9.95. The third-order valence-electron chi connectivity index (χ3n) is 3.05. The zero-order valence-corrected chi connectivity index (χ0v) is 6.86. The second-order valence-electron chi connectivity index (χ2n) is 3.59. The molecule has 0 unspecified atom stereocenters. The number of nitrogens with zero attached hydrogens (tertiary/aromatic N) is 1. The Bertz CT molecular complexity index is 218. The van der Waals surface area contributed by atoms with E-state index in [2.05, 4.69) is 0 Å². The van der Waals surface area contributed by atoms with Gasteiger partial charge in [0.25, 0.3) is 0 Å². The predicted molar refractivity (Wildman–Crippen MR) is 41.1 cm³/mol. The maximum Gasteiger partial charge on any atom is 0.225 e. The quantitative estimate of drug-likeness (QED) is 0.549. The van der Waals surface area contributed by atoms with E-state index in [1.54, 1.807) is 0 Å². The predicted octanol–water partition coefficient (Wildman–Crippen LogP) is -0.690. The minimum absolute atomic E-state index is 0.0217.